The number of carbonyl (C=O) groups excluding carboxylic acids is 1. The molecule has 2 rings (SSSR count). The standard InChI is InChI=1S/C14H21N3O2/c1-10(9-17-7-2-3-8-17)16-14(19)11-5-4-6-12(15)13(11)18/h4-6,10,18H,2-3,7-9,15H2,1H3,(H,16,19). The molecule has 19 heavy (non-hydrogen) atoms. The third kappa shape index (κ3) is 3.38. The van der Waals surface area contributed by atoms with Crippen LogP contribution in [-0.4, -0.2) is 41.6 Å². The number of aromatic hydroxyl groups is 1. The number of likely N-dealkylation sites (tertiary alicyclic amines) is 1. The summed E-state index contributed by atoms with van der Waals surface area (Å²) in [5, 5.41) is 12.7. The second-order valence-electron chi connectivity index (χ2n) is 5.13. The second kappa shape index (κ2) is 5.93. The minimum absolute atomic E-state index is 0.0476. The number of benzene rings is 1. The van der Waals surface area contributed by atoms with Gasteiger partial charge in [0.1, 0.15) is 0 Å². The number of hydrogen-bond acceptors (Lipinski definition) is 4. The molecule has 1 aliphatic heterocycles. The predicted molar refractivity (Wildman–Crippen MR) is 75.1 cm³/mol. The van der Waals surface area contributed by atoms with E-state index in [0.717, 1.165) is 19.6 Å². The Bertz CT molecular complexity index is 456. The zero-order chi connectivity index (χ0) is 13.8. The van der Waals surface area contributed by atoms with Gasteiger partial charge in [0.2, 0.25) is 0 Å². The summed E-state index contributed by atoms with van der Waals surface area (Å²) < 4.78 is 0. The number of nitrogen functional groups attached to an aromatic ring is 1. The maximum atomic E-state index is 12.1. The largest absolute Gasteiger partial charge is 0.505 e. The van der Waals surface area contributed by atoms with E-state index in [0.29, 0.717) is 0 Å². The average Bonchev–Trinajstić information content (AvgIpc) is 2.85. The van der Waals surface area contributed by atoms with Crippen LogP contribution in [0.3, 0.4) is 0 Å². The fourth-order valence-corrected chi connectivity index (χ4v) is 2.44. The third-order valence-electron chi connectivity index (χ3n) is 3.42. The molecule has 5 heteroatoms. The second-order valence-corrected chi connectivity index (χ2v) is 5.13. The van der Waals surface area contributed by atoms with Crippen LogP contribution in [0.5, 0.6) is 5.75 Å². The van der Waals surface area contributed by atoms with Crippen molar-refractivity contribution in [3.8, 4) is 5.75 Å². The van der Waals surface area contributed by atoms with Gasteiger partial charge in [0.25, 0.3) is 5.91 Å². The number of nitrogens with one attached hydrogen (secondary N) is 1. The van der Waals surface area contributed by atoms with Gasteiger partial charge in [-0.2, -0.15) is 0 Å². The number of hydrogen-bond donors (Lipinski definition) is 3. The van der Waals surface area contributed by atoms with Crippen LogP contribution in [-0.2, 0) is 0 Å². The number of para-hydroxylation sites is 1. The highest BCUT2D eigenvalue weighted by Gasteiger charge is 2.18. The molecule has 104 valence electrons. The molecule has 0 aliphatic carbocycles. The number of carbonyl (C=O) groups is 1. The quantitative estimate of drug-likeness (QED) is 0.563. The number of nitrogens with zero attached hydrogens (tertiary/aromatic N) is 1. The molecule has 1 unspecified atom stereocenters. The molecule has 1 heterocycles. The molecule has 0 saturated carbocycles. The van der Waals surface area contributed by atoms with Gasteiger partial charge in [0.05, 0.1) is 11.3 Å². The summed E-state index contributed by atoms with van der Waals surface area (Å²) in [5.74, 6) is -0.426. The first kappa shape index (κ1) is 13.7. The number of rotatable bonds is 4. The van der Waals surface area contributed by atoms with Crippen molar-refractivity contribution in [2.24, 2.45) is 0 Å². The Hall–Kier alpha value is -1.75. The lowest BCUT2D eigenvalue weighted by atomic mass is 10.1. The van der Waals surface area contributed by atoms with Crippen LogP contribution in [0.25, 0.3) is 0 Å². The van der Waals surface area contributed by atoms with Crippen molar-refractivity contribution < 1.29 is 9.90 Å². The Labute approximate surface area is 113 Å². The molecule has 1 amide bonds. The van der Waals surface area contributed by atoms with Gasteiger partial charge in [-0.05, 0) is 45.0 Å². The molecular weight excluding hydrogens is 242 g/mol. The minimum atomic E-state index is -0.281. The lowest BCUT2D eigenvalue weighted by molar-refractivity contribution is 0.0929. The molecule has 5 nitrogen and oxygen atoms in total. The molecule has 0 spiro atoms. The summed E-state index contributed by atoms with van der Waals surface area (Å²) in [6.07, 6.45) is 2.47. The molecule has 1 fully saturated rings. The Morgan fingerprint density at radius 1 is 1.47 bits per heavy atom. The van der Waals surface area contributed by atoms with Crippen LogP contribution in [0.1, 0.15) is 30.1 Å². The van der Waals surface area contributed by atoms with Crippen LogP contribution in [0, 0.1) is 0 Å². The summed E-state index contributed by atoms with van der Waals surface area (Å²) in [6.45, 7) is 5.02. The van der Waals surface area contributed by atoms with Crippen molar-refractivity contribution in [3.63, 3.8) is 0 Å². The summed E-state index contributed by atoms with van der Waals surface area (Å²) in [6, 6.07) is 4.85. The fourth-order valence-electron chi connectivity index (χ4n) is 2.44. The molecule has 0 aromatic heterocycles. The number of amides is 1. The van der Waals surface area contributed by atoms with Crippen LogP contribution in [0.15, 0.2) is 18.2 Å². The minimum Gasteiger partial charge on any atom is -0.505 e. The first-order valence-electron chi connectivity index (χ1n) is 6.68. The maximum absolute atomic E-state index is 12.1. The lowest BCUT2D eigenvalue weighted by Crippen LogP contribution is -2.41. The maximum Gasteiger partial charge on any atom is 0.255 e. The zero-order valence-electron chi connectivity index (χ0n) is 11.2. The van der Waals surface area contributed by atoms with Gasteiger partial charge in [-0.25, -0.2) is 0 Å². The van der Waals surface area contributed by atoms with Crippen LogP contribution >= 0.6 is 0 Å². The predicted octanol–water partition coefficient (Wildman–Crippen LogP) is 1.19. The summed E-state index contributed by atoms with van der Waals surface area (Å²) in [4.78, 5) is 14.4. The first-order valence-corrected chi connectivity index (χ1v) is 6.68. The Balaban J connectivity index is 1.94. The van der Waals surface area contributed by atoms with Gasteiger partial charge in [-0.3, -0.25) is 4.79 Å². The molecule has 1 saturated heterocycles. The molecule has 0 radical (unpaired) electrons. The van der Waals surface area contributed by atoms with E-state index in [-0.39, 0.29) is 28.9 Å². The van der Waals surface area contributed by atoms with Crippen molar-refractivity contribution >= 4 is 11.6 Å². The van der Waals surface area contributed by atoms with E-state index in [1.165, 1.54) is 12.8 Å². The topological polar surface area (TPSA) is 78.6 Å². The smallest absolute Gasteiger partial charge is 0.255 e. The highest BCUT2D eigenvalue weighted by atomic mass is 16.3. The summed E-state index contributed by atoms with van der Waals surface area (Å²) in [7, 11) is 0. The number of phenolic OH excluding ortho intramolecular Hbond substituents is 1. The number of nitrogens with two attached hydrogens (primary N) is 1. The van der Waals surface area contributed by atoms with Gasteiger partial charge in [-0.1, -0.05) is 6.07 Å². The Morgan fingerprint density at radius 3 is 2.84 bits per heavy atom. The third-order valence-corrected chi connectivity index (χ3v) is 3.42. The highest BCUT2D eigenvalue weighted by molar-refractivity contribution is 5.98. The van der Waals surface area contributed by atoms with Gasteiger partial charge in [0.15, 0.2) is 5.75 Å². The number of phenols is 1. The molecule has 1 aromatic carbocycles. The van der Waals surface area contributed by atoms with Crippen molar-refractivity contribution in [2.45, 2.75) is 25.8 Å². The SMILES string of the molecule is CC(CN1CCCC1)NC(=O)c1cccc(N)c1O. The highest BCUT2D eigenvalue weighted by Crippen LogP contribution is 2.24. The van der Waals surface area contributed by atoms with Crippen molar-refractivity contribution in [3.05, 3.63) is 23.8 Å². The molecule has 1 atom stereocenters. The summed E-state index contributed by atoms with van der Waals surface area (Å²) >= 11 is 0. The zero-order valence-corrected chi connectivity index (χ0v) is 11.2. The van der Waals surface area contributed by atoms with Gasteiger partial charge < -0.3 is 21.1 Å². The van der Waals surface area contributed by atoms with E-state index < -0.39 is 0 Å². The monoisotopic (exact) mass is 263 g/mol. The Morgan fingerprint density at radius 2 is 2.16 bits per heavy atom. The van der Waals surface area contributed by atoms with Crippen molar-refractivity contribution in [2.75, 3.05) is 25.4 Å². The normalized spacial score (nSPS) is 17.3. The van der Waals surface area contributed by atoms with Gasteiger partial charge >= 0.3 is 0 Å². The Kier molecular flexibility index (Phi) is 4.27. The van der Waals surface area contributed by atoms with Crippen molar-refractivity contribution in [1.29, 1.82) is 0 Å². The van der Waals surface area contributed by atoms with Gasteiger partial charge in [-0.15, -0.1) is 0 Å². The number of anilines is 1. The molecule has 4 N–H and O–H groups in total. The van der Waals surface area contributed by atoms with E-state index in [9.17, 15) is 9.90 Å². The molecule has 1 aromatic rings. The van der Waals surface area contributed by atoms with E-state index in [1.54, 1.807) is 18.2 Å². The van der Waals surface area contributed by atoms with Crippen molar-refractivity contribution in [1.82, 2.24) is 10.2 Å². The van der Waals surface area contributed by atoms with E-state index in [1.807, 2.05) is 6.92 Å². The van der Waals surface area contributed by atoms with E-state index in [2.05, 4.69) is 10.2 Å². The van der Waals surface area contributed by atoms with E-state index in [4.69, 9.17) is 5.73 Å². The van der Waals surface area contributed by atoms with Crippen LogP contribution < -0.4 is 11.1 Å². The first-order chi connectivity index (χ1) is 9.08. The van der Waals surface area contributed by atoms with E-state index >= 15 is 0 Å². The molecular formula is C14H21N3O2. The van der Waals surface area contributed by atoms with Crippen LogP contribution in [0.2, 0.25) is 0 Å². The lowest BCUT2D eigenvalue weighted by Gasteiger charge is -2.21. The molecule has 0 bridgehead atoms. The van der Waals surface area contributed by atoms with Gasteiger partial charge in [0, 0.05) is 12.6 Å². The van der Waals surface area contributed by atoms with Crippen LogP contribution in [0.4, 0.5) is 5.69 Å². The average molecular weight is 263 g/mol. The fraction of sp³-hybridized carbons (Fsp3) is 0.500. The molecule has 1 aliphatic rings. The summed E-state index contributed by atoms with van der Waals surface area (Å²) in [5.41, 5.74) is 6.04.